The fourth-order valence-electron chi connectivity index (χ4n) is 3.99. The molecule has 0 saturated carbocycles. The van der Waals surface area contributed by atoms with Gasteiger partial charge in [0.05, 0.1) is 5.75 Å². The summed E-state index contributed by atoms with van der Waals surface area (Å²) in [5.41, 5.74) is 0.843. The molecule has 0 spiro atoms. The molecule has 182 valence electrons. The third-order valence-corrected chi connectivity index (χ3v) is 7.31. The van der Waals surface area contributed by atoms with Crippen molar-refractivity contribution in [3.63, 3.8) is 0 Å². The first-order valence-electron chi connectivity index (χ1n) is 11.5. The molecule has 2 aromatic carbocycles. The van der Waals surface area contributed by atoms with Gasteiger partial charge in [-0.3, -0.25) is 9.59 Å². The highest BCUT2D eigenvalue weighted by Gasteiger charge is 2.33. The molecular weight excluding hydrogens is 528 g/mol. The second-order valence-electron chi connectivity index (χ2n) is 8.23. The predicted molar refractivity (Wildman–Crippen MR) is 140 cm³/mol. The van der Waals surface area contributed by atoms with Crippen LogP contribution in [0.2, 0.25) is 0 Å². The van der Waals surface area contributed by atoms with E-state index in [-0.39, 0.29) is 30.2 Å². The number of halogens is 1. The van der Waals surface area contributed by atoms with Gasteiger partial charge in [0.1, 0.15) is 12.6 Å². The summed E-state index contributed by atoms with van der Waals surface area (Å²) < 4.78 is 6.56. The van der Waals surface area contributed by atoms with Crippen LogP contribution in [0.5, 0.6) is 0 Å². The summed E-state index contributed by atoms with van der Waals surface area (Å²) in [6, 6.07) is 17.1. The monoisotopic (exact) mass is 554 g/mol. The Morgan fingerprint density at radius 3 is 2.69 bits per heavy atom. The van der Waals surface area contributed by atoms with Crippen molar-refractivity contribution in [2.75, 3.05) is 25.4 Å². The maximum Gasteiger partial charge on any atom is 0.249 e. The maximum absolute atomic E-state index is 13.4. The number of hydrogen-bond acceptors (Lipinski definition) is 6. The zero-order valence-corrected chi connectivity index (χ0v) is 21.7. The molecule has 1 saturated heterocycles. The first-order valence-corrected chi connectivity index (χ1v) is 13.3. The number of hydrogen-bond donors (Lipinski definition) is 0. The number of carbonyl (C=O) groups is 2. The molecule has 7 nitrogen and oxygen atoms in total. The molecule has 1 aromatic heterocycles. The van der Waals surface area contributed by atoms with Gasteiger partial charge >= 0.3 is 0 Å². The Bertz CT molecular complexity index is 1150. The highest BCUT2D eigenvalue weighted by Crippen LogP contribution is 2.31. The molecule has 0 N–H and O–H groups in total. The number of aromatic nitrogens is 2. The molecule has 1 unspecified atom stereocenters. The van der Waals surface area contributed by atoms with Crippen molar-refractivity contribution in [2.45, 2.75) is 30.2 Å². The summed E-state index contributed by atoms with van der Waals surface area (Å²) >= 11 is 4.89. The van der Waals surface area contributed by atoms with E-state index in [1.807, 2.05) is 54.6 Å². The summed E-state index contributed by atoms with van der Waals surface area (Å²) in [7, 11) is 0. The van der Waals surface area contributed by atoms with Crippen LogP contribution in [-0.2, 0) is 9.59 Å². The average molecular weight is 555 g/mol. The first kappa shape index (κ1) is 25.2. The van der Waals surface area contributed by atoms with Crippen LogP contribution in [0.4, 0.5) is 0 Å². The van der Waals surface area contributed by atoms with Crippen molar-refractivity contribution in [3.8, 4) is 11.4 Å². The van der Waals surface area contributed by atoms with Gasteiger partial charge in [0, 0.05) is 28.0 Å². The van der Waals surface area contributed by atoms with Gasteiger partial charge in [0.15, 0.2) is 0 Å². The zero-order valence-electron chi connectivity index (χ0n) is 19.3. The molecule has 1 fully saturated rings. The van der Waals surface area contributed by atoms with E-state index in [1.54, 1.807) is 15.9 Å². The van der Waals surface area contributed by atoms with Crippen molar-refractivity contribution in [1.82, 2.24) is 19.9 Å². The van der Waals surface area contributed by atoms with Crippen molar-refractivity contribution in [1.29, 1.82) is 0 Å². The van der Waals surface area contributed by atoms with Crippen LogP contribution in [0.1, 0.15) is 31.2 Å². The van der Waals surface area contributed by atoms with Gasteiger partial charge in [-0.25, -0.2) is 0 Å². The molecule has 0 radical (unpaired) electrons. The number of thioether (sulfide) groups is 1. The molecule has 4 rings (SSSR count). The largest absolute Gasteiger partial charge is 0.337 e. The van der Waals surface area contributed by atoms with Crippen molar-refractivity contribution in [3.05, 3.63) is 77.6 Å². The molecule has 35 heavy (non-hydrogen) atoms. The number of likely N-dealkylation sites (tertiary alicyclic amines) is 1. The number of carbonyl (C=O) groups excluding carboxylic acids is 2. The summed E-state index contributed by atoms with van der Waals surface area (Å²) in [6.45, 7) is 4.65. The standard InChI is InChI=1S/C26H27BrN4O3S/c1-2-15-30(24(33)18-35-21-8-4-3-5-9-21)17-23(32)31-16-7-6-10-22(31)26-28-25(29-34-26)19-11-13-20(27)14-12-19/h2-5,8-9,11-14,22H,1,6-7,10,15-18H2. The second-order valence-corrected chi connectivity index (χ2v) is 10.2. The molecule has 2 amide bonds. The minimum atomic E-state index is -0.299. The van der Waals surface area contributed by atoms with Crippen LogP contribution < -0.4 is 0 Å². The zero-order chi connectivity index (χ0) is 24.6. The van der Waals surface area contributed by atoms with Crippen LogP contribution in [0, 0.1) is 0 Å². The number of rotatable bonds is 9. The Hall–Kier alpha value is -2.91. The molecule has 1 aliphatic heterocycles. The van der Waals surface area contributed by atoms with Gasteiger partial charge in [-0.2, -0.15) is 4.98 Å². The van der Waals surface area contributed by atoms with E-state index in [4.69, 9.17) is 4.52 Å². The highest BCUT2D eigenvalue weighted by atomic mass is 79.9. The average Bonchev–Trinajstić information content (AvgIpc) is 3.38. The van der Waals surface area contributed by atoms with Crippen LogP contribution >= 0.6 is 27.7 Å². The van der Waals surface area contributed by atoms with Gasteiger partial charge in [0.25, 0.3) is 0 Å². The Morgan fingerprint density at radius 1 is 1.17 bits per heavy atom. The fourth-order valence-corrected chi connectivity index (χ4v) is 5.08. The van der Waals surface area contributed by atoms with Gasteiger partial charge < -0.3 is 14.3 Å². The molecule has 9 heteroatoms. The molecule has 1 aliphatic rings. The van der Waals surface area contributed by atoms with E-state index in [0.29, 0.717) is 24.8 Å². The Morgan fingerprint density at radius 2 is 1.94 bits per heavy atom. The smallest absolute Gasteiger partial charge is 0.249 e. The maximum atomic E-state index is 13.4. The quantitative estimate of drug-likeness (QED) is 0.261. The minimum absolute atomic E-state index is 0.00951. The van der Waals surface area contributed by atoms with Crippen molar-refractivity contribution >= 4 is 39.5 Å². The molecule has 3 aromatic rings. The van der Waals surface area contributed by atoms with E-state index in [1.165, 1.54) is 11.8 Å². The second kappa shape index (κ2) is 12.2. The summed E-state index contributed by atoms with van der Waals surface area (Å²) in [5.74, 6) is 0.951. The van der Waals surface area contributed by atoms with E-state index in [2.05, 4.69) is 32.6 Å². The molecule has 0 aliphatic carbocycles. The van der Waals surface area contributed by atoms with E-state index in [9.17, 15) is 9.59 Å². The molecule has 2 heterocycles. The van der Waals surface area contributed by atoms with Crippen LogP contribution in [-0.4, -0.2) is 57.1 Å². The normalized spacial score (nSPS) is 15.6. The lowest BCUT2D eigenvalue weighted by Crippen LogP contribution is -2.46. The van der Waals surface area contributed by atoms with Gasteiger partial charge in [-0.15, -0.1) is 18.3 Å². The lowest BCUT2D eigenvalue weighted by Gasteiger charge is -2.35. The van der Waals surface area contributed by atoms with Gasteiger partial charge in [-0.1, -0.05) is 45.4 Å². The Balaban J connectivity index is 1.43. The predicted octanol–water partition coefficient (Wildman–Crippen LogP) is 5.36. The topological polar surface area (TPSA) is 79.5 Å². The SMILES string of the molecule is C=CCN(CC(=O)N1CCCCC1c1nc(-c2ccc(Br)cc2)no1)C(=O)CSc1ccccc1. The minimum Gasteiger partial charge on any atom is -0.337 e. The Labute approximate surface area is 217 Å². The third kappa shape index (κ3) is 6.61. The first-order chi connectivity index (χ1) is 17.0. The lowest BCUT2D eigenvalue weighted by molar-refractivity contribution is -0.141. The van der Waals surface area contributed by atoms with E-state index >= 15 is 0 Å². The molecule has 1 atom stereocenters. The van der Waals surface area contributed by atoms with Gasteiger partial charge in [0.2, 0.25) is 23.5 Å². The number of amides is 2. The summed E-state index contributed by atoms with van der Waals surface area (Å²) in [6.07, 6.45) is 4.25. The number of benzene rings is 2. The van der Waals surface area contributed by atoms with Crippen LogP contribution in [0.25, 0.3) is 11.4 Å². The summed E-state index contributed by atoms with van der Waals surface area (Å²) in [5, 5.41) is 4.14. The van der Waals surface area contributed by atoms with Crippen LogP contribution in [0.3, 0.4) is 0 Å². The van der Waals surface area contributed by atoms with Crippen molar-refractivity contribution in [2.24, 2.45) is 0 Å². The summed E-state index contributed by atoms with van der Waals surface area (Å²) in [4.78, 5) is 35.2. The highest BCUT2D eigenvalue weighted by molar-refractivity contribution is 9.10. The fraction of sp³-hybridized carbons (Fsp3) is 0.308. The van der Waals surface area contributed by atoms with E-state index < -0.39 is 0 Å². The molecule has 0 bridgehead atoms. The Kier molecular flexibility index (Phi) is 8.76. The molecular formula is C26H27BrN4O3S. The third-order valence-electron chi connectivity index (χ3n) is 5.79. The number of nitrogens with zero attached hydrogens (tertiary/aromatic N) is 4. The van der Waals surface area contributed by atoms with Gasteiger partial charge in [-0.05, 0) is 55.7 Å². The van der Waals surface area contributed by atoms with Crippen LogP contribution in [0.15, 0.2) is 81.1 Å². The van der Waals surface area contributed by atoms with E-state index in [0.717, 1.165) is 34.2 Å². The van der Waals surface area contributed by atoms with Crippen molar-refractivity contribution < 1.29 is 14.1 Å². The number of piperidine rings is 1. The lowest BCUT2D eigenvalue weighted by atomic mass is 10.0.